The Morgan fingerprint density at radius 1 is 1.14 bits per heavy atom. The number of fused-ring (bicyclic) bond motifs is 5. The van der Waals surface area contributed by atoms with E-state index >= 15 is 0 Å². The summed E-state index contributed by atoms with van der Waals surface area (Å²) in [7, 11) is 0. The number of ether oxygens (including phenoxy) is 2. The van der Waals surface area contributed by atoms with Crippen molar-refractivity contribution in [1.82, 2.24) is 0 Å². The van der Waals surface area contributed by atoms with Crippen LogP contribution in [0.3, 0.4) is 0 Å². The number of aliphatic hydroxyl groups excluding tert-OH is 2. The first-order valence-corrected chi connectivity index (χ1v) is 11.3. The molecule has 1 heterocycles. The molecule has 3 fully saturated rings. The molecule has 0 aromatic heterocycles. The standard InChI is InChI=1S/C24H34O4/c1-24-10-9-18-17-6-5-16(28-23-4-2-3-11-27-23)13-19(17)15(14-25)12-20(18)21(24)7-8-22(24)26/h5-6,13,15,18,20-23,25-26H,2-4,7-12,14H2,1H3/t15-,18?,20?,21?,22+,23?,24+/m1/s1. The van der Waals surface area contributed by atoms with Gasteiger partial charge in [-0.2, -0.15) is 0 Å². The zero-order chi connectivity index (χ0) is 19.3. The second-order valence-electron chi connectivity index (χ2n) is 9.83. The Balaban J connectivity index is 1.43. The summed E-state index contributed by atoms with van der Waals surface area (Å²) in [6, 6.07) is 6.52. The van der Waals surface area contributed by atoms with Gasteiger partial charge in [-0.25, -0.2) is 0 Å². The normalized spacial score (nSPS) is 42.4. The summed E-state index contributed by atoms with van der Waals surface area (Å²) in [6.07, 6.45) is 8.30. The van der Waals surface area contributed by atoms with Gasteiger partial charge in [0, 0.05) is 18.9 Å². The molecular weight excluding hydrogens is 352 g/mol. The lowest BCUT2D eigenvalue weighted by atomic mass is 9.54. The summed E-state index contributed by atoms with van der Waals surface area (Å²) in [5.74, 6) is 2.76. The van der Waals surface area contributed by atoms with Crippen molar-refractivity contribution in [2.24, 2.45) is 17.3 Å². The fraction of sp³-hybridized carbons (Fsp3) is 0.750. The fourth-order valence-electron chi connectivity index (χ4n) is 6.88. The van der Waals surface area contributed by atoms with Crippen LogP contribution in [0.5, 0.6) is 5.75 Å². The van der Waals surface area contributed by atoms with Gasteiger partial charge < -0.3 is 19.7 Å². The topological polar surface area (TPSA) is 58.9 Å². The third-order valence-corrected chi connectivity index (χ3v) is 8.47. The van der Waals surface area contributed by atoms with Gasteiger partial charge in [0.25, 0.3) is 0 Å². The first-order valence-electron chi connectivity index (χ1n) is 11.3. The van der Waals surface area contributed by atoms with E-state index in [1.54, 1.807) is 0 Å². The molecule has 4 aliphatic rings. The van der Waals surface area contributed by atoms with Gasteiger partial charge in [-0.05, 0) is 91.4 Å². The number of aliphatic hydroxyl groups is 2. The van der Waals surface area contributed by atoms with Gasteiger partial charge >= 0.3 is 0 Å². The predicted octanol–water partition coefficient (Wildman–Crippen LogP) is 4.34. The van der Waals surface area contributed by atoms with Gasteiger partial charge in [0.1, 0.15) is 5.75 Å². The summed E-state index contributed by atoms with van der Waals surface area (Å²) in [4.78, 5) is 0. The minimum Gasteiger partial charge on any atom is -0.465 e. The van der Waals surface area contributed by atoms with Crippen LogP contribution in [0.1, 0.15) is 81.3 Å². The van der Waals surface area contributed by atoms with E-state index in [1.807, 2.05) is 0 Å². The lowest BCUT2D eigenvalue weighted by molar-refractivity contribution is -0.106. The number of rotatable bonds is 3. The van der Waals surface area contributed by atoms with Gasteiger partial charge in [-0.15, -0.1) is 0 Å². The van der Waals surface area contributed by atoms with Crippen LogP contribution in [0.4, 0.5) is 0 Å². The molecule has 1 aromatic carbocycles. The third kappa shape index (κ3) is 3.00. The first-order chi connectivity index (χ1) is 13.6. The van der Waals surface area contributed by atoms with E-state index < -0.39 is 0 Å². The molecule has 0 spiro atoms. The highest BCUT2D eigenvalue weighted by Gasteiger charge is 2.55. The van der Waals surface area contributed by atoms with Crippen LogP contribution in [0, 0.1) is 17.3 Å². The van der Waals surface area contributed by atoms with Crippen LogP contribution in [0.25, 0.3) is 0 Å². The van der Waals surface area contributed by atoms with Crippen molar-refractivity contribution in [3.63, 3.8) is 0 Å². The van der Waals surface area contributed by atoms with Crippen LogP contribution in [0.15, 0.2) is 18.2 Å². The molecule has 7 atom stereocenters. The maximum absolute atomic E-state index is 10.6. The summed E-state index contributed by atoms with van der Waals surface area (Å²) < 4.78 is 11.9. The van der Waals surface area contributed by atoms with Crippen LogP contribution in [0.2, 0.25) is 0 Å². The van der Waals surface area contributed by atoms with Crippen molar-refractivity contribution in [1.29, 1.82) is 0 Å². The van der Waals surface area contributed by atoms with Crippen molar-refractivity contribution in [2.75, 3.05) is 13.2 Å². The molecular formula is C24H34O4. The van der Waals surface area contributed by atoms with E-state index in [1.165, 1.54) is 11.1 Å². The summed E-state index contributed by atoms with van der Waals surface area (Å²) in [6.45, 7) is 3.27. The monoisotopic (exact) mass is 386 g/mol. The molecule has 2 N–H and O–H groups in total. The van der Waals surface area contributed by atoms with E-state index in [0.717, 1.165) is 63.7 Å². The molecule has 0 radical (unpaired) electrons. The molecule has 4 heteroatoms. The quantitative estimate of drug-likeness (QED) is 0.811. The van der Waals surface area contributed by atoms with E-state index in [9.17, 15) is 10.2 Å². The maximum atomic E-state index is 10.6. The van der Waals surface area contributed by atoms with Crippen molar-refractivity contribution in [3.05, 3.63) is 29.3 Å². The fourth-order valence-corrected chi connectivity index (χ4v) is 6.88. The average molecular weight is 387 g/mol. The van der Waals surface area contributed by atoms with Gasteiger partial charge in [0.15, 0.2) is 6.29 Å². The Morgan fingerprint density at radius 3 is 2.82 bits per heavy atom. The van der Waals surface area contributed by atoms with Crippen LogP contribution >= 0.6 is 0 Å². The van der Waals surface area contributed by atoms with Crippen molar-refractivity contribution in [3.8, 4) is 5.75 Å². The maximum Gasteiger partial charge on any atom is 0.199 e. The van der Waals surface area contributed by atoms with E-state index in [-0.39, 0.29) is 30.3 Å². The third-order valence-electron chi connectivity index (χ3n) is 8.47. The van der Waals surface area contributed by atoms with Gasteiger partial charge in [-0.3, -0.25) is 0 Å². The Bertz CT molecular complexity index is 713. The Morgan fingerprint density at radius 2 is 2.04 bits per heavy atom. The summed E-state index contributed by atoms with van der Waals surface area (Å²) in [5.41, 5.74) is 2.76. The molecule has 1 saturated heterocycles. The molecule has 5 rings (SSSR count). The smallest absolute Gasteiger partial charge is 0.199 e. The van der Waals surface area contributed by atoms with E-state index in [0.29, 0.717) is 17.8 Å². The SMILES string of the molecule is C[C@]12CCC3c4ccc(OC5CCCCO5)cc4[C@@H](CO)CC3C1CC[C@@H]2O. The van der Waals surface area contributed by atoms with Crippen molar-refractivity contribution >= 4 is 0 Å². The number of hydrogen-bond acceptors (Lipinski definition) is 4. The molecule has 2 saturated carbocycles. The van der Waals surface area contributed by atoms with E-state index in [2.05, 4.69) is 25.1 Å². The molecule has 154 valence electrons. The molecule has 4 unspecified atom stereocenters. The molecule has 28 heavy (non-hydrogen) atoms. The molecule has 1 aliphatic heterocycles. The first kappa shape index (κ1) is 18.9. The second kappa shape index (κ2) is 7.30. The summed E-state index contributed by atoms with van der Waals surface area (Å²) in [5, 5.41) is 20.8. The highest BCUT2D eigenvalue weighted by atomic mass is 16.7. The average Bonchev–Trinajstić information content (AvgIpc) is 3.03. The Hall–Kier alpha value is -1.10. The molecule has 3 aliphatic carbocycles. The molecule has 0 amide bonds. The lowest BCUT2D eigenvalue weighted by Crippen LogP contribution is -2.44. The van der Waals surface area contributed by atoms with Crippen molar-refractivity contribution in [2.45, 2.75) is 82.5 Å². The second-order valence-corrected chi connectivity index (χ2v) is 9.83. The summed E-state index contributed by atoms with van der Waals surface area (Å²) >= 11 is 0. The van der Waals surface area contributed by atoms with Crippen LogP contribution in [-0.4, -0.2) is 35.8 Å². The van der Waals surface area contributed by atoms with Gasteiger partial charge in [-0.1, -0.05) is 13.0 Å². The number of benzene rings is 1. The highest BCUT2D eigenvalue weighted by Crippen LogP contribution is 2.62. The number of hydrogen-bond donors (Lipinski definition) is 2. The molecule has 1 aromatic rings. The highest BCUT2D eigenvalue weighted by molar-refractivity contribution is 5.43. The molecule has 0 bridgehead atoms. The molecule has 4 nitrogen and oxygen atoms in total. The zero-order valence-corrected chi connectivity index (χ0v) is 17.0. The van der Waals surface area contributed by atoms with Gasteiger partial charge in [0.2, 0.25) is 0 Å². The lowest BCUT2D eigenvalue weighted by Gasteiger charge is -2.51. The minimum atomic E-state index is -0.154. The van der Waals surface area contributed by atoms with Gasteiger partial charge in [0.05, 0.1) is 12.7 Å². The van der Waals surface area contributed by atoms with Crippen molar-refractivity contribution < 1.29 is 19.7 Å². The van der Waals surface area contributed by atoms with Crippen LogP contribution < -0.4 is 4.74 Å². The Labute approximate surface area is 168 Å². The Kier molecular flexibility index (Phi) is 4.93. The minimum absolute atomic E-state index is 0.0695. The van der Waals surface area contributed by atoms with E-state index in [4.69, 9.17) is 9.47 Å². The largest absolute Gasteiger partial charge is 0.465 e. The zero-order valence-electron chi connectivity index (χ0n) is 17.0. The predicted molar refractivity (Wildman–Crippen MR) is 107 cm³/mol. The van der Waals surface area contributed by atoms with Crippen LogP contribution in [-0.2, 0) is 4.74 Å².